The zero-order valence-corrected chi connectivity index (χ0v) is 46.2. The highest BCUT2D eigenvalue weighted by Gasteiger charge is 2.35. The van der Waals surface area contributed by atoms with Crippen molar-refractivity contribution in [2.75, 3.05) is 27.8 Å². The molecular weight excluding hydrogens is 965 g/mol. The number of nitrogens with zero attached hydrogens (tertiary/aromatic N) is 9. The van der Waals surface area contributed by atoms with Gasteiger partial charge in [-0.25, -0.2) is 15.0 Å². The summed E-state index contributed by atoms with van der Waals surface area (Å²) in [5.74, 6) is 7.84. The predicted octanol–water partition coefficient (Wildman–Crippen LogP) is 14.0. The Labute approximate surface area is 449 Å². The van der Waals surface area contributed by atoms with Crippen LogP contribution in [0.1, 0.15) is 174 Å². The molecule has 0 spiro atoms. The summed E-state index contributed by atoms with van der Waals surface area (Å²) in [5, 5.41) is 12.4. The number of nitrogens with one attached hydrogen (secondary N) is 3. The zero-order valence-electron chi connectivity index (χ0n) is 46.2. The monoisotopic (exact) mass is 1040 g/mol. The van der Waals surface area contributed by atoms with Gasteiger partial charge in [0.15, 0.2) is 0 Å². The minimum atomic E-state index is 0.172. The van der Waals surface area contributed by atoms with Crippen molar-refractivity contribution >= 4 is 56.1 Å². The molecule has 2 unspecified atom stereocenters. The van der Waals surface area contributed by atoms with Crippen LogP contribution in [0.3, 0.4) is 0 Å². The van der Waals surface area contributed by atoms with Gasteiger partial charge in [-0.1, -0.05) is 22.4 Å². The Morgan fingerprint density at radius 3 is 1.27 bits per heavy atom. The predicted molar refractivity (Wildman–Crippen MR) is 302 cm³/mol. The third kappa shape index (κ3) is 9.08. The Bertz CT molecular complexity index is 3650. The maximum atomic E-state index is 12.6. The molecule has 3 aliphatic carbocycles. The molecule has 6 aromatic heterocycles. The highest BCUT2D eigenvalue weighted by molar-refractivity contribution is 6.05. The average molecular weight is 1040 g/mol. The van der Waals surface area contributed by atoms with Crippen molar-refractivity contribution < 1.29 is 18.4 Å². The highest BCUT2D eigenvalue weighted by Crippen LogP contribution is 2.46. The number of fused-ring (bicyclic) bond motifs is 3. The van der Waals surface area contributed by atoms with E-state index in [9.17, 15) is 4.79 Å². The number of hydrogen-bond acceptors (Lipinski definition) is 12. The molecule has 3 atom stereocenters. The molecule has 0 bridgehead atoms. The van der Waals surface area contributed by atoms with Crippen LogP contribution in [-0.4, -0.2) is 82.5 Å². The van der Waals surface area contributed by atoms with Gasteiger partial charge < -0.3 is 43.2 Å². The van der Waals surface area contributed by atoms with Crippen molar-refractivity contribution in [1.29, 1.82) is 0 Å². The number of rotatable bonds is 10. The number of amides is 1. The van der Waals surface area contributed by atoms with Crippen molar-refractivity contribution in [1.82, 2.24) is 45.4 Å². The molecule has 9 aromatic rings. The number of H-pyrrole nitrogens is 3. The van der Waals surface area contributed by atoms with Gasteiger partial charge in [0.1, 0.15) is 51.3 Å². The fourth-order valence-electron chi connectivity index (χ4n) is 12.8. The van der Waals surface area contributed by atoms with Crippen molar-refractivity contribution in [3.8, 4) is 33.4 Å². The molecule has 15 rings (SSSR count). The van der Waals surface area contributed by atoms with E-state index in [4.69, 9.17) is 28.5 Å². The maximum Gasteiger partial charge on any atom is 0.227 e. The SMILES string of the molecule is CCC1CCCN1c1cc(-c2c(C)noc2C)cc2[nH]c(C3CC3)nc12.Cc1noc(C)c1-c1cc(N2C(=O)CC[C@H]2C)c2nc(C3CC3)[nH]c2c1.Cc1noc(C)c1-c1cc(N2CCCC2C)c2nc(C3CC3)[nH]c2c1. The highest BCUT2D eigenvalue weighted by atomic mass is 16.5. The first-order valence-corrected chi connectivity index (χ1v) is 28.6. The van der Waals surface area contributed by atoms with E-state index in [0.29, 0.717) is 36.3 Å². The van der Waals surface area contributed by atoms with E-state index in [1.807, 2.05) is 46.4 Å². The molecule has 3 aliphatic heterocycles. The second-order valence-electron chi connectivity index (χ2n) is 23.2. The van der Waals surface area contributed by atoms with E-state index in [0.717, 1.165) is 132 Å². The van der Waals surface area contributed by atoms with Crippen LogP contribution in [0.15, 0.2) is 50.0 Å². The fourth-order valence-corrected chi connectivity index (χ4v) is 12.8. The van der Waals surface area contributed by atoms with E-state index in [2.05, 4.69) is 97.4 Å². The van der Waals surface area contributed by atoms with Crippen LogP contribution in [0.25, 0.3) is 66.5 Å². The van der Waals surface area contributed by atoms with Crippen molar-refractivity contribution in [3.05, 3.63) is 88.2 Å². The third-order valence-electron chi connectivity index (χ3n) is 17.4. The first-order chi connectivity index (χ1) is 37.3. The zero-order chi connectivity index (χ0) is 53.0. The number of benzene rings is 3. The number of aromatic nitrogens is 9. The Morgan fingerprint density at radius 1 is 0.506 bits per heavy atom. The lowest BCUT2D eigenvalue weighted by molar-refractivity contribution is -0.117. The van der Waals surface area contributed by atoms with Gasteiger partial charge in [0, 0.05) is 72.1 Å². The average Bonchev–Trinajstić information content (AvgIpc) is 4.37. The minimum absolute atomic E-state index is 0.172. The van der Waals surface area contributed by atoms with Crippen molar-refractivity contribution in [2.24, 2.45) is 0 Å². The summed E-state index contributed by atoms with van der Waals surface area (Å²) in [6.45, 7) is 20.8. The Balaban J connectivity index is 0.000000110. The molecule has 1 amide bonds. The number of aryl methyl sites for hydroxylation is 6. The largest absolute Gasteiger partial charge is 0.367 e. The topological polar surface area (TPSA) is 191 Å². The summed E-state index contributed by atoms with van der Waals surface area (Å²) in [7, 11) is 0. The van der Waals surface area contributed by atoms with Gasteiger partial charge in [0.05, 0.1) is 50.7 Å². The normalized spacial score (nSPS) is 20.6. The molecule has 3 saturated heterocycles. The van der Waals surface area contributed by atoms with Crippen LogP contribution in [0.2, 0.25) is 0 Å². The lowest BCUT2D eigenvalue weighted by Crippen LogP contribution is -2.30. The number of imidazole rings is 3. The van der Waals surface area contributed by atoms with Crippen LogP contribution in [0, 0.1) is 41.5 Å². The summed E-state index contributed by atoms with van der Waals surface area (Å²) in [6, 6.07) is 14.6. The van der Waals surface area contributed by atoms with E-state index in [1.165, 1.54) is 93.1 Å². The molecule has 400 valence electrons. The third-order valence-corrected chi connectivity index (χ3v) is 17.4. The maximum absolute atomic E-state index is 12.6. The number of carbonyl (C=O) groups excluding carboxylic acids is 1. The van der Waals surface area contributed by atoms with Gasteiger partial charge in [-0.15, -0.1) is 0 Å². The molecule has 16 nitrogen and oxygen atoms in total. The van der Waals surface area contributed by atoms with Crippen LogP contribution in [-0.2, 0) is 4.79 Å². The summed E-state index contributed by atoms with van der Waals surface area (Å²) in [4.78, 5) is 45.1. The van der Waals surface area contributed by atoms with Gasteiger partial charge in [0.25, 0.3) is 0 Å². The van der Waals surface area contributed by atoms with E-state index >= 15 is 0 Å². The number of hydrogen-bond donors (Lipinski definition) is 3. The Morgan fingerprint density at radius 2 is 0.909 bits per heavy atom. The lowest BCUT2D eigenvalue weighted by Gasteiger charge is -2.26. The van der Waals surface area contributed by atoms with Crippen molar-refractivity contribution in [3.63, 3.8) is 0 Å². The first kappa shape index (κ1) is 49.3. The van der Waals surface area contributed by atoms with E-state index in [1.54, 1.807) is 0 Å². The van der Waals surface area contributed by atoms with Crippen molar-refractivity contribution in [2.45, 2.75) is 182 Å². The smallest absolute Gasteiger partial charge is 0.227 e. The molecule has 6 fully saturated rings. The summed E-state index contributed by atoms with van der Waals surface area (Å²) in [5.41, 5.74) is 19.1. The van der Waals surface area contributed by atoms with Gasteiger partial charge in [-0.3, -0.25) is 4.79 Å². The molecule has 3 N–H and O–H groups in total. The second kappa shape index (κ2) is 19.3. The molecule has 9 heterocycles. The second-order valence-corrected chi connectivity index (χ2v) is 23.2. The summed E-state index contributed by atoms with van der Waals surface area (Å²) < 4.78 is 16.2. The molecule has 3 saturated carbocycles. The minimum Gasteiger partial charge on any atom is -0.367 e. The van der Waals surface area contributed by atoms with Gasteiger partial charge >= 0.3 is 0 Å². The lowest BCUT2D eigenvalue weighted by atomic mass is 10.0. The molecular formula is C61H72N12O4. The Hall–Kier alpha value is -7.23. The van der Waals surface area contributed by atoms with Gasteiger partial charge in [0.2, 0.25) is 5.91 Å². The molecule has 77 heavy (non-hydrogen) atoms. The van der Waals surface area contributed by atoms with E-state index < -0.39 is 0 Å². The van der Waals surface area contributed by atoms with Crippen LogP contribution in [0.5, 0.6) is 0 Å². The van der Waals surface area contributed by atoms with Crippen LogP contribution < -0.4 is 14.7 Å². The number of aromatic amines is 3. The quantitative estimate of drug-likeness (QED) is 0.118. The van der Waals surface area contributed by atoms with Gasteiger partial charge in [-0.05, 0) is 186 Å². The summed E-state index contributed by atoms with van der Waals surface area (Å²) >= 11 is 0. The summed E-state index contributed by atoms with van der Waals surface area (Å²) in [6.07, 6.45) is 15.1. The number of carbonyl (C=O) groups is 1. The molecule has 0 radical (unpaired) electrons. The van der Waals surface area contributed by atoms with Crippen LogP contribution >= 0.6 is 0 Å². The standard InChI is InChI=1S/C21H26N4O.C20H22N4O2.C20H24N4O/c1-4-16-6-5-9-25(16)18-11-15(19-12(2)24-26-13(19)3)10-17-20(18)23-21(22-17)14-7-8-14;1-10-4-7-17(25)24(10)16-9-14(18-11(2)23-26-12(18)3)8-15-19(16)22-20(21-15)13-5-6-13;1-11-5-4-8-24(11)17-10-15(18-12(2)23-25-13(18)3)9-16-19(17)22-20(21-16)14-6-7-14/h10-11,14,16H,4-9H2,1-3H3,(H,22,23);8-10,13H,4-7H2,1-3H3,(H,21,22);9-11,14H,4-8H2,1-3H3,(H,21,22)/t;10-;/m.1./s1. The molecule has 3 aromatic carbocycles. The number of anilines is 3. The fraction of sp³-hybridized carbons (Fsp3) is 0.492. The molecule has 6 aliphatic rings. The molecule has 16 heteroatoms. The van der Waals surface area contributed by atoms with Gasteiger partial charge in [-0.2, -0.15) is 0 Å². The first-order valence-electron chi connectivity index (χ1n) is 28.6. The Kier molecular flexibility index (Phi) is 12.4. The van der Waals surface area contributed by atoms with Crippen LogP contribution in [0.4, 0.5) is 17.1 Å². The van der Waals surface area contributed by atoms with E-state index in [-0.39, 0.29) is 11.9 Å².